The lowest BCUT2D eigenvalue weighted by Gasteiger charge is -2.28. The van der Waals surface area contributed by atoms with Gasteiger partial charge in [0.15, 0.2) is 0 Å². The Bertz CT molecular complexity index is 367. The van der Waals surface area contributed by atoms with Gasteiger partial charge in [-0.05, 0) is 31.4 Å². The Hall–Kier alpha value is -1.10. The molecule has 0 atom stereocenters. The van der Waals surface area contributed by atoms with Gasteiger partial charge in [0.25, 0.3) is 0 Å². The van der Waals surface area contributed by atoms with Crippen LogP contribution in [0, 0.1) is 5.92 Å². The third kappa shape index (κ3) is 4.00. The molecular formula is C11H20ClN5. The van der Waals surface area contributed by atoms with Gasteiger partial charge in [0.2, 0.25) is 17.2 Å². The smallest absolute Gasteiger partial charge is 0.231 e. The summed E-state index contributed by atoms with van der Waals surface area (Å²) in [5.41, 5.74) is 0. The maximum atomic E-state index is 5.89. The Morgan fingerprint density at radius 2 is 1.82 bits per heavy atom. The number of anilines is 2. The van der Waals surface area contributed by atoms with Gasteiger partial charge in [0.1, 0.15) is 0 Å². The first-order valence-corrected chi connectivity index (χ1v) is 6.17. The molecule has 0 saturated heterocycles. The first-order chi connectivity index (χ1) is 7.93. The van der Waals surface area contributed by atoms with Gasteiger partial charge in [-0.15, -0.1) is 0 Å². The Balaban J connectivity index is 3.04. The van der Waals surface area contributed by atoms with Crippen LogP contribution in [-0.2, 0) is 0 Å². The molecule has 0 aliphatic rings. The van der Waals surface area contributed by atoms with E-state index in [9.17, 15) is 0 Å². The zero-order chi connectivity index (χ0) is 13.0. The highest BCUT2D eigenvalue weighted by Gasteiger charge is 2.16. The van der Waals surface area contributed by atoms with Gasteiger partial charge >= 0.3 is 0 Å². The van der Waals surface area contributed by atoms with Crippen LogP contribution >= 0.6 is 11.6 Å². The number of hydrogen-bond acceptors (Lipinski definition) is 5. The number of aromatic nitrogens is 3. The lowest BCUT2D eigenvalue weighted by molar-refractivity contribution is 0.559. The maximum absolute atomic E-state index is 5.89. The van der Waals surface area contributed by atoms with Crippen molar-refractivity contribution in [3.8, 4) is 0 Å². The summed E-state index contributed by atoms with van der Waals surface area (Å²) in [5, 5.41) is 3.10. The quantitative estimate of drug-likeness (QED) is 0.878. The molecule has 0 unspecified atom stereocenters. The van der Waals surface area contributed by atoms with Crippen molar-refractivity contribution in [3.63, 3.8) is 0 Å². The van der Waals surface area contributed by atoms with Crippen LogP contribution in [-0.4, -0.2) is 34.6 Å². The molecule has 1 aromatic heterocycles. The molecular weight excluding hydrogens is 238 g/mol. The highest BCUT2D eigenvalue weighted by atomic mass is 35.5. The van der Waals surface area contributed by atoms with Crippen LogP contribution < -0.4 is 10.2 Å². The highest BCUT2D eigenvalue weighted by molar-refractivity contribution is 6.28. The molecule has 0 bridgehead atoms. The Morgan fingerprint density at radius 3 is 2.29 bits per heavy atom. The minimum atomic E-state index is 0.216. The van der Waals surface area contributed by atoms with Crippen molar-refractivity contribution in [2.45, 2.75) is 33.7 Å². The minimum absolute atomic E-state index is 0.216. The van der Waals surface area contributed by atoms with Gasteiger partial charge in [-0.3, -0.25) is 0 Å². The molecule has 6 heteroatoms. The molecule has 1 N–H and O–H groups in total. The molecule has 1 rings (SSSR count). The first kappa shape index (κ1) is 14.0. The van der Waals surface area contributed by atoms with Crippen molar-refractivity contribution in [1.82, 2.24) is 15.0 Å². The second-order valence-corrected chi connectivity index (χ2v) is 4.96. The summed E-state index contributed by atoms with van der Waals surface area (Å²) in [6.07, 6.45) is 0. The summed E-state index contributed by atoms with van der Waals surface area (Å²) in [4.78, 5) is 14.6. The molecule has 0 saturated carbocycles. The average molecular weight is 258 g/mol. The zero-order valence-corrected chi connectivity index (χ0v) is 11.8. The fourth-order valence-electron chi connectivity index (χ4n) is 1.50. The van der Waals surface area contributed by atoms with Crippen LogP contribution in [0.1, 0.15) is 27.7 Å². The number of hydrogen-bond donors (Lipinski definition) is 1. The third-order valence-corrected chi connectivity index (χ3v) is 2.43. The summed E-state index contributed by atoms with van der Waals surface area (Å²) in [6, 6.07) is 0.320. The second kappa shape index (κ2) is 6.00. The second-order valence-electron chi connectivity index (χ2n) is 4.62. The fraction of sp³-hybridized carbons (Fsp3) is 0.727. The van der Waals surface area contributed by atoms with E-state index in [1.54, 1.807) is 7.05 Å². The van der Waals surface area contributed by atoms with Crippen molar-refractivity contribution in [2.75, 3.05) is 23.8 Å². The third-order valence-electron chi connectivity index (χ3n) is 2.26. The van der Waals surface area contributed by atoms with E-state index in [2.05, 4.69) is 52.9 Å². The fourth-order valence-corrected chi connectivity index (χ4v) is 1.65. The van der Waals surface area contributed by atoms with E-state index in [1.165, 1.54) is 0 Å². The van der Waals surface area contributed by atoms with Crippen molar-refractivity contribution in [1.29, 1.82) is 0 Å². The molecule has 17 heavy (non-hydrogen) atoms. The summed E-state index contributed by atoms with van der Waals surface area (Å²) >= 11 is 5.89. The van der Waals surface area contributed by atoms with E-state index >= 15 is 0 Å². The summed E-state index contributed by atoms with van der Waals surface area (Å²) < 4.78 is 0. The monoisotopic (exact) mass is 257 g/mol. The molecule has 0 spiro atoms. The Labute approximate surface area is 108 Å². The van der Waals surface area contributed by atoms with Crippen molar-refractivity contribution < 1.29 is 0 Å². The van der Waals surface area contributed by atoms with Crippen LogP contribution in [0.3, 0.4) is 0 Å². The van der Waals surface area contributed by atoms with Crippen LogP contribution in [0.15, 0.2) is 0 Å². The molecule has 0 radical (unpaired) electrons. The van der Waals surface area contributed by atoms with E-state index in [4.69, 9.17) is 11.6 Å². The van der Waals surface area contributed by atoms with Crippen molar-refractivity contribution in [2.24, 2.45) is 5.92 Å². The molecule has 1 aromatic rings. The van der Waals surface area contributed by atoms with Crippen LogP contribution in [0.25, 0.3) is 0 Å². The molecule has 0 fully saturated rings. The first-order valence-electron chi connectivity index (χ1n) is 5.80. The molecule has 0 amide bonds. The largest absolute Gasteiger partial charge is 0.357 e. The minimum Gasteiger partial charge on any atom is -0.357 e. The lowest BCUT2D eigenvalue weighted by Crippen LogP contribution is -2.35. The summed E-state index contributed by atoms with van der Waals surface area (Å²) in [7, 11) is 1.76. The summed E-state index contributed by atoms with van der Waals surface area (Å²) in [6.45, 7) is 9.44. The molecule has 1 heterocycles. The van der Waals surface area contributed by atoms with Crippen LogP contribution in [0.4, 0.5) is 11.9 Å². The van der Waals surface area contributed by atoms with Crippen molar-refractivity contribution in [3.05, 3.63) is 5.28 Å². The Morgan fingerprint density at radius 1 is 1.18 bits per heavy atom. The van der Waals surface area contributed by atoms with Gasteiger partial charge < -0.3 is 10.2 Å². The summed E-state index contributed by atoms with van der Waals surface area (Å²) in [5.74, 6) is 1.65. The molecule has 5 nitrogen and oxygen atoms in total. The van der Waals surface area contributed by atoms with Gasteiger partial charge in [-0.1, -0.05) is 13.8 Å². The SMILES string of the molecule is CNc1nc(Cl)nc(N(CC(C)C)C(C)C)n1. The number of rotatable bonds is 5. The van der Waals surface area contributed by atoms with Gasteiger partial charge in [-0.2, -0.15) is 15.0 Å². The highest BCUT2D eigenvalue weighted by Crippen LogP contribution is 2.17. The van der Waals surface area contributed by atoms with E-state index in [0.717, 1.165) is 6.54 Å². The lowest BCUT2D eigenvalue weighted by atomic mass is 10.2. The van der Waals surface area contributed by atoms with E-state index in [1.807, 2.05) is 0 Å². The van der Waals surface area contributed by atoms with Gasteiger partial charge in [0.05, 0.1) is 0 Å². The van der Waals surface area contributed by atoms with E-state index < -0.39 is 0 Å². The van der Waals surface area contributed by atoms with E-state index in [-0.39, 0.29) is 5.28 Å². The predicted molar refractivity (Wildman–Crippen MR) is 71.7 cm³/mol. The predicted octanol–water partition coefficient (Wildman–Crippen LogP) is 2.44. The normalized spacial score (nSPS) is 11.1. The molecule has 0 aliphatic heterocycles. The van der Waals surface area contributed by atoms with Gasteiger partial charge in [-0.25, -0.2) is 0 Å². The van der Waals surface area contributed by atoms with Crippen LogP contribution in [0.5, 0.6) is 0 Å². The van der Waals surface area contributed by atoms with Crippen molar-refractivity contribution >= 4 is 23.5 Å². The number of nitrogens with zero attached hydrogens (tertiary/aromatic N) is 4. The molecule has 96 valence electrons. The van der Waals surface area contributed by atoms with Gasteiger partial charge in [0, 0.05) is 19.6 Å². The maximum Gasteiger partial charge on any atom is 0.231 e. The number of nitrogens with one attached hydrogen (secondary N) is 1. The topological polar surface area (TPSA) is 53.9 Å². The standard InChI is InChI=1S/C11H20ClN5/c1-7(2)6-17(8(3)4)11-15-9(12)14-10(13-5)16-11/h7-8H,6H2,1-5H3,(H,13,14,15,16). The Kier molecular flexibility index (Phi) is 4.93. The molecule has 0 aliphatic carbocycles. The zero-order valence-electron chi connectivity index (χ0n) is 11.0. The van der Waals surface area contributed by atoms with E-state index in [0.29, 0.717) is 23.9 Å². The molecule has 0 aromatic carbocycles. The average Bonchev–Trinajstić information content (AvgIpc) is 2.24. The van der Waals surface area contributed by atoms with Crippen LogP contribution in [0.2, 0.25) is 5.28 Å². The number of halogens is 1.